The lowest BCUT2D eigenvalue weighted by atomic mass is 9.96. The van der Waals surface area contributed by atoms with Crippen molar-refractivity contribution < 1.29 is 5.11 Å². The molecule has 0 aromatic rings. The van der Waals surface area contributed by atoms with Gasteiger partial charge in [-0.1, -0.05) is 25.7 Å². The molecule has 2 saturated carbocycles. The van der Waals surface area contributed by atoms with E-state index in [0.717, 1.165) is 19.4 Å². The van der Waals surface area contributed by atoms with Crippen LogP contribution in [0, 0.1) is 0 Å². The second-order valence-corrected chi connectivity index (χ2v) is 5.55. The molecule has 2 fully saturated rings. The van der Waals surface area contributed by atoms with Crippen LogP contribution in [0.15, 0.2) is 0 Å². The highest BCUT2D eigenvalue weighted by molar-refractivity contribution is 4.93. The largest absolute Gasteiger partial charge is 0.389 e. The van der Waals surface area contributed by atoms with Gasteiger partial charge in [0.15, 0.2) is 0 Å². The van der Waals surface area contributed by atoms with Crippen LogP contribution in [0.3, 0.4) is 0 Å². The number of nitrogens with one attached hydrogen (secondary N) is 1. The van der Waals surface area contributed by atoms with Crippen molar-refractivity contribution in [2.75, 3.05) is 6.54 Å². The van der Waals surface area contributed by atoms with Gasteiger partial charge in [-0.3, -0.25) is 0 Å². The number of β-amino-alcohol motifs (C(OH)–C–C–N with tert-alkyl or cyclic N) is 1. The van der Waals surface area contributed by atoms with Crippen LogP contribution in [0.4, 0.5) is 0 Å². The summed E-state index contributed by atoms with van der Waals surface area (Å²) in [4.78, 5) is 0. The van der Waals surface area contributed by atoms with E-state index in [1.165, 1.54) is 38.5 Å². The molecule has 2 aliphatic rings. The zero-order chi connectivity index (χ0) is 10.1. The van der Waals surface area contributed by atoms with E-state index in [0.29, 0.717) is 5.54 Å². The average Bonchev–Trinajstić information content (AvgIpc) is 2.74. The summed E-state index contributed by atoms with van der Waals surface area (Å²) in [6, 6.07) is 0. The topological polar surface area (TPSA) is 32.3 Å². The van der Waals surface area contributed by atoms with Crippen molar-refractivity contribution in [3.63, 3.8) is 0 Å². The maximum Gasteiger partial charge on any atom is 0.0771 e. The molecule has 2 N–H and O–H groups in total. The Hall–Kier alpha value is -0.0800. The van der Waals surface area contributed by atoms with E-state index in [9.17, 15) is 5.11 Å². The third kappa shape index (κ3) is 2.29. The normalized spacial score (nSPS) is 29.6. The van der Waals surface area contributed by atoms with Crippen molar-refractivity contribution >= 4 is 0 Å². The summed E-state index contributed by atoms with van der Waals surface area (Å²) in [5.74, 6) is 0. The summed E-state index contributed by atoms with van der Waals surface area (Å²) in [6.45, 7) is 3.11. The molecule has 0 aliphatic heterocycles. The lowest BCUT2D eigenvalue weighted by Crippen LogP contribution is -2.48. The van der Waals surface area contributed by atoms with Gasteiger partial charge in [0.05, 0.1) is 5.60 Å². The summed E-state index contributed by atoms with van der Waals surface area (Å²) in [7, 11) is 0. The minimum Gasteiger partial charge on any atom is -0.389 e. The van der Waals surface area contributed by atoms with Crippen molar-refractivity contribution in [3.05, 3.63) is 0 Å². The fourth-order valence-electron chi connectivity index (χ4n) is 2.92. The maximum absolute atomic E-state index is 10.2. The molecule has 0 atom stereocenters. The van der Waals surface area contributed by atoms with Gasteiger partial charge in [0.1, 0.15) is 0 Å². The van der Waals surface area contributed by atoms with Gasteiger partial charge in [0.2, 0.25) is 0 Å². The molecule has 0 saturated heterocycles. The number of hydrogen-bond acceptors (Lipinski definition) is 2. The Bertz CT molecular complexity index is 168. The summed E-state index contributed by atoms with van der Waals surface area (Å²) >= 11 is 0. The van der Waals surface area contributed by atoms with Gasteiger partial charge in [0.25, 0.3) is 0 Å². The Labute approximate surface area is 87.1 Å². The van der Waals surface area contributed by atoms with Gasteiger partial charge in [-0.25, -0.2) is 0 Å². The highest BCUT2D eigenvalue weighted by Gasteiger charge is 2.35. The monoisotopic (exact) mass is 197 g/mol. The average molecular weight is 197 g/mol. The van der Waals surface area contributed by atoms with E-state index >= 15 is 0 Å². The lowest BCUT2D eigenvalue weighted by Gasteiger charge is -2.31. The summed E-state index contributed by atoms with van der Waals surface area (Å²) in [5, 5.41) is 13.8. The van der Waals surface area contributed by atoms with Crippen LogP contribution >= 0.6 is 0 Å². The molecule has 0 radical (unpaired) electrons. The quantitative estimate of drug-likeness (QED) is 0.727. The first kappa shape index (κ1) is 10.4. The molecule has 0 heterocycles. The smallest absolute Gasteiger partial charge is 0.0771 e. The van der Waals surface area contributed by atoms with E-state index in [-0.39, 0.29) is 5.60 Å². The summed E-state index contributed by atoms with van der Waals surface area (Å²) in [6.07, 6.45) is 9.66. The van der Waals surface area contributed by atoms with Gasteiger partial charge < -0.3 is 10.4 Å². The highest BCUT2D eigenvalue weighted by Crippen LogP contribution is 2.32. The van der Waals surface area contributed by atoms with Crippen LogP contribution in [0.1, 0.15) is 58.3 Å². The molecule has 2 aliphatic carbocycles. The Morgan fingerprint density at radius 1 is 1.00 bits per heavy atom. The summed E-state index contributed by atoms with van der Waals surface area (Å²) in [5.41, 5.74) is -0.0656. The van der Waals surface area contributed by atoms with Crippen LogP contribution in [0.2, 0.25) is 0 Å². The second kappa shape index (κ2) is 3.82. The number of aliphatic hydroxyl groups is 1. The Morgan fingerprint density at radius 3 is 2.07 bits per heavy atom. The van der Waals surface area contributed by atoms with Gasteiger partial charge in [-0.2, -0.15) is 0 Å². The maximum atomic E-state index is 10.2. The third-order valence-corrected chi connectivity index (χ3v) is 4.09. The van der Waals surface area contributed by atoms with E-state index in [1.807, 2.05) is 0 Å². The molecular formula is C12H23NO. The Balaban J connectivity index is 1.80. The van der Waals surface area contributed by atoms with Crippen LogP contribution in [-0.2, 0) is 0 Å². The molecule has 2 nitrogen and oxygen atoms in total. The molecule has 0 unspecified atom stereocenters. The minimum atomic E-state index is -0.383. The molecule has 0 amide bonds. The predicted octanol–water partition coefficient (Wildman–Crippen LogP) is 2.21. The summed E-state index contributed by atoms with van der Waals surface area (Å²) < 4.78 is 0. The van der Waals surface area contributed by atoms with Crippen LogP contribution in [0.25, 0.3) is 0 Å². The van der Waals surface area contributed by atoms with Crippen molar-refractivity contribution in [1.29, 1.82) is 0 Å². The predicted molar refractivity (Wildman–Crippen MR) is 58.3 cm³/mol. The first-order valence-electron chi connectivity index (χ1n) is 6.09. The second-order valence-electron chi connectivity index (χ2n) is 5.55. The Kier molecular flexibility index (Phi) is 2.85. The molecule has 82 valence electrons. The van der Waals surface area contributed by atoms with Crippen molar-refractivity contribution in [3.8, 4) is 0 Å². The molecule has 0 aromatic heterocycles. The molecule has 2 heteroatoms. The molecule has 14 heavy (non-hydrogen) atoms. The molecule has 0 spiro atoms. The Morgan fingerprint density at radius 2 is 1.50 bits per heavy atom. The first-order valence-corrected chi connectivity index (χ1v) is 6.09. The lowest BCUT2D eigenvalue weighted by molar-refractivity contribution is 0.0397. The third-order valence-electron chi connectivity index (χ3n) is 4.09. The zero-order valence-corrected chi connectivity index (χ0v) is 9.31. The molecule has 2 rings (SSSR count). The van der Waals surface area contributed by atoms with Crippen molar-refractivity contribution in [2.24, 2.45) is 0 Å². The van der Waals surface area contributed by atoms with E-state index in [2.05, 4.69) is 12.2 Å². The molecular weight excluding hydrogens is 174 g/mol. The molecule has 0 aromatic carbocycles. The fraction of sp³-hybridized carbons (Fsp3) is 1.00. The standard InChI is InChI=1S/C12H23NO/c1-11(6-2-3-7-11)13-10-12(14)8-4-5-9-12/h13-14H,2-10H2,1H3. The number of hydrogen-bond donors (Lipinski definition) is 2. The van der Waals surface area contributed by atoms with Crippen LogP contribution in [-0.4, -0.2) is 22.8 Å². The minimum absolute atomic E-state index is 0.318. The number of rotatable bonds is 3. The van der Waals surface area contributed by atoms with Crippen molar-refractivity contribution in [1.82, 2.24) is 5.32 Å². The van der Waals surface area contributed by atoms with Crippen LogP contribution < -0.4 is 5.32 Å². The van der Waals surface area contributed by atoms with E-state index in [4.69, 9.17) is 0 Å². The SMILES string of the molecule is CC1(NCC2(O)CCCC2)CCCC1. The van der Waals surface area contributed by atoms with Gasteiger partial charge in [-0.05, 0) is 32.6 Å². The van der Waals surface area contributed by atoms with Crippen molar-refractivity contribution in [2.45, 2.75) is 69.4 Å². The fourth-order valence-corrected chi connectivity index (χ4v) is 2.92. The van der Waals surface area contributed by atoms with Crippen LogP contribution in [0.5, 0.6) is 0 Å². The van der Waals surface area contributed by atoms with Gasteiger partial charge >= 0.3 is 0 Å². The molecule has 0 bridgehead atoms. The zero-order valence-electron chi connectivity index (χ0n) is 9.31. The van der Waals surface area contributed by atoms with E-state index < -0.39 is 0 Å². The van der Waals surface area contributed by atoms with E-state index in [1.54, 1.807) is 0 Å². The first-order chi connectivity index (χ1) is 6.62. The van der Waals surface area contributed by atoms with Gasteiger partial charge in [-0.15, -0.1) is 0 Å². The highest BCUT2D eigenvalue weighted by atomic mass is 16.3. The van der Waals surface area contributed by atoms with Gasteiger partial charge in [0, 0.05) is 12.1 Å².